The van der Waals surface area contributed by atoms with Crippen LogP contribution >= 0.6 is 0 Å². The fourth-order valence-electron chi connectivity index (χ4n) is 3.96. The van der Waals surface area contributed by atoms with Crippen molar-refractivity contribution in [2.75, 3.05) is 0 Å². The molecule has 5 nitrogen and oxygen atoms in total. The van der Waals surface area contributed by atoms with Crippen LogP contribution in [0.15, 0.2) is 35.4 Å². The largest absolute Gasteiger partial charge is 0.388 e. The van der Waals surface area contributed by atoms with E-state index in [1.165, 1.54) is 13.8 Å². The standard InChI is InChI=1S/C19H18O5/c1-10(20)9-19(24)8-7-14-15(16(19)11(2)21)18(23)13-6-4-3-5-12(13)17(14)22/h3-6,16,24H,7-9H2,1-2H3/t16-,19-/m1/s1. The Balaban J connectivity index is 2.19. The molecule has 3 rings (SSSR count). The van der Waals surface area contributed by atoms with Gasteiger partial charge in [0.1, 0.15) is 11.6 Å². The van der Waals surface area contributed by atoms with E-state index in [0.717, 1.165) is 0 Å². The minimum Gasteiger partial charge on any atom is -0.388 e. The van der Waals surface area contributed by atoms with Crippen molar-refractivity contribution in [3.8, 4) is 0 Å². The van der Waals surface area contributed by atoms with Gasteiger partial charge in [-0.2, -0.15) is 0 Å². The van der Waals surface area contributed by atoms with Gasteiger partial charge in [-0.3, -0.25) is 19.2 Å². The van der Waals surface area contributed by atoms with Crippen LogP contribution in [-0.2, 0) is 9.59 Å². The zero-order valence-corrected chi connectivity index (χ0v) is 13.6. The molecule has 2 aliphatic rings. The molecule has 0 aliphatic heterocycles. The van der Waals surface area contributed by atoms with Crippen LogP contribution in [0.1, 0.15) is 53.8 Å². The number of carbonyl (C=O) groups excluding carboxylic acids is 4. The van der Waals surface area contributed by atoms with E-state index in [-0.39, 0.29) is 42.0 Å². The van der Waals surface area contributed by atoms with Crippen molar-refractivity contribution in [2.45, 2.75) is 38.7 Å². The maximum Gasteiger partial charge on any atom is 0.191 e. The molecular formula is C19H18O5. The molecule has 0 saturated heterocycles. The number of aliphatic hydroxyl groups is 1. The monoisotopic (exact) mass is 326 g/mol. The first kappa shape index (κ1) is 16.5. The number of hydrogen-bond donors (Lipinski definition) is 1. The van der Waals surface area contributed by atoms with Gasteiger partial charge in [0, 0.05) is 28.7 Å². The highest BCUT2D eigenvalue weighted by Gasteiger charge is 2.51. The molecule has 24 heavy (non-hydrogen) atoms. The molecule has 0 saturated carbocycles. The van der Waals surface area contributed by atoms with E-state index >= 15 is 0 Å². The van der Waals surface area contributed by atoms with Crippen LogP contribution in [-0.4, -0.2) is 33.8 Å². The summed E-state index contributed by atoms with van der Waals surface area (Å²) >= 11 is 0. The summed E-state index contributed by atoms with van der Waals surface area (Å²) < 4.78 is 0. The Labute approximate surface area is 139 Å². The zero-order chi connectivity index (χ0) is 17.6. The fraction of sp³-hybridized carbons (Fsp3) is 0.368. The minimum absolute atomic E-state index is 0.0706. The third-order valence-corrected chi connectivity index (χ3v) is 4.86. The molecule has 0 aromatic heterocycles. The van der Waals surface area contributed by atoms with Gasteiger partial charge in [0.05, 0.1) is 11.5 Å². The van der Waals surface area contributed by atoms with Crippen molar-refractivity contribution in [3.63, 3.8) is 0 Å². The summed E-state index contributed by atoms with van der Waals surface area (Å²) in [6.45, 7) is 2.62. The molecule has 0 radical (unpaired) electrons. The molecule has 2 atom stereocenters. The third kappa shape index (κ3) is 2.36. The minimum atomic E-state index is -1.61. The second-order valence-electron chi connectivity index (χ2n) is 6.62. The number of allylic oxidation sites excluding steroid dienone is 1. The van der Waals surface area contributed by atoms with Gasteiger partial charge in [0.25, 0.3) is 0 Å². The first-order chi connectivity index (χ1) is 11.3. The fourth-order valence-corrected chi connectivity index (χ4v) is 3.96. The Hall–Kier alpha value is -2.40. The van der Waals surface area contributed by atoms with Gasteiger partial charge < -0.3 is 5.11 Å². The Morgan fingerprint density at radius 3 is 2.25 bits per heavy atom. The second-order valence-corrected chi connectivity index (χ2v) is 6.62. The highest BCUT2D eigenvalue weighted by molar-refractivity contribution is 6.28. The summed E-state index contributed by atoms with van der Waals surface area (Å²) in [6.07, 6.45) is 0.0792. The average molecular weight is 326 g/mol. The number of rotatable bonds is 3. The molecule has 5 heteroatoms. The molecule has 0 amide bonds. The molecule has 0 bridgehead atoms. The quantitative estimate of drug-likeness (QED) is 0.918. The van der Waals surface area contributed by atoms with Crippen LogP contribution in [0.3, 0.4) is 0 Å². The summed E-state index contributed by atoms with van der Waals surface area (Å²) in [4.78, 5) is 49.5. The summed E-state index contributed by atoms with van der Waals surface area (Å²) in [5.74, 6) is -2.48. The number of benzene rings is 1. The second kappa shape index (κ2) is 5.60. The molecule has 0 heterocycles. The van der Waals surface area contributed by atoms with Gasteiger partial charge in [0.2, 0.25) is 0 Å². The molecule has 0 spiro atoms. The number of ketones is 4. The van der Waals surface area contributed by atoms with Gasteiger partial charge in [-0.25, -0.2) is 0 Å². The van der Waals surface area contributed by atoms with Crippen LogP contribution in [0.5, 0.6) is 0 Å². The molecule has 1 N–H and O–H groups in total. The Bertz CT molecular complexity index is 817. The lowest BCUT2D eigenvalue weighted by atomic mass is 9.63. The Morgan fingerprint density at radius 2 is 1.71 bits per heavy atom. The SMILES string of the molecule is CC(=O)C[C@]1(O)CCC2=C(C(=O)c3ccccc3C2=O)[C@H]1C(C)=O. The molecule has 0 fully saturated rings. The summed E-state index contributed by atoms with van der Waals surface area (Å²) in [5, 5.41) is 10.9. The van der Waals surface area contributed by atoms with Crippen molar-refractivity contribution in [3.05, 3.63) is 46.5 Å². The summed E-state index contributed by atoms with van der Waals surface area (Å²) in [7, 11) is 0. The van der Waals surface area contributed by atoms with Crippen molar-refractivity contribution in [1.29, 1.82) is 0 Å². The van der Waals surface area contributed by atoms with E-state index in [1.807, 2.05) is 0 Å². The maximum atomic E-state index is 12.9. The number of carbonyl (C=O) groups is 4. The van der Waals surface area contributed by atoms with Gasteiger partial charge >= 0.3 is 0 Å². The van der Waals surface area contributed by atoms with Crippen molar-refractivity contribution in [1.82, 2.24) is 0 Å². The van der Waals surface area contributed by atoms with Crippen LogP contribution in [0.25, 0.3) is 0 Å². The molecular weight excluding hydrogens is 308 g/mol. The highest BCUT2D eigenvalue weighted by Crippen LogP contribution is 2.45. The first-order valence-electron chi connectivity index (χ1n) is 7.90. The molecule has 0 unspecified atom stereocenters. The third-order valence-electron chi connectivity index (χ3n) is 4.86. The lowest BCUT2D eigenvalue weighted by Gasteiger charge is -2.41. The van der Waals surface area contributed by atoms with Crippen LogP contribution in [0, 0.1) is 5.92 Å². The van der Waals surface area contributed by atoms with E-state index in [0.29, 0.717) is 11.1 Å². The first-order valence-corrected chi connectivity index (χ1v) is 7.90. The van der Waals surface area contributed by atoms with Crippen LogP contribution in [0.2, 0.25) is 0 Å². The lowest BCUT2D eigenvalue weighted by Crippen LogP contribution is -2.50. The van der Waals surface area contributed by atoms with Gasteiger partial charge in [-0.05, 0) is 26.7 Å². The van der Waals surface area contributed by atoms with E-state index in [1.54, 1.807) is 24.3 Å². The molecule has 1 aromatic rings. The normalized spacial score (nSPS) is 26.0. The summed E-state index contributed by atoms with van der Waals surface area (Å²) in [6, 6.07) is 6.49. The van der Waals surface area contributed by atoms with Crippen LogP contribution in [0.4, 0.5) is 0 Å². The lowest BCUT2D eigenvalue weighted by molar-refractivity contribution is -0.134. The van der Waals surface area contributed by atoms with Crippen molar-refractivity contribution >= 4 is 23.1 Å². The molecule has 2 aliphatic carbocycles. The predicted octanol–water partition coefficient (Wildman–Crippen LogP) is 2.07. The van der Waals surface area contributed by atoms with Gasteiger partial charge in [-0.15, -0.1) is 0 Å². The predicted molar refractivity (Wildman–Crippen MR) is 85.8 cm³/mol. The average Bonchev–Trinajstić information content (AvgIpc) is 2.50. The van der Waals surface area contributed by atoms with Crippen LogP contribution < -0.4 is 0 Å². The number of Topliss-reactive ketones (excluding diaryl/α,β-unsaturated/α-hetero) is 4. The summed E-state index contributed by atoms with van der Waals surface area (Å²) in [5.41, 5.74) is -0.660. The highest BCUT2D eigenvalue weighted by atomic mass is 16.3. The number of fused-ring (bicyclic) bond motifs is 1. The zero-order valence-electron chi connectivity index (χ0n) is 13.6. The van der Waals surface area contributed by atoms with E-state index in [2.05, 4.69) is 0 Å². The van der Waals surface area contributed by atoms with Gasteiger partial charge in [0.15, 0.2) is 11.6 Å². The topological polar surface area (TPSA) is 88.5 Å². The Kier molecular flexibility index (Phi) is 3.84. The van der Waals surface area contributed by atoms with E-state index in [4.69, 9.17) is 0 Å². The molecule has 124 valence electrons. The molecule has 1 aromatic carbocycles. The van der Waals surface area contributed by atoms with Crippen molar-refractivity contribution in [2.24, 2.45) is 5.92 Å². The smallest absolute Gasteiger partial charge is 0.191 e. The van der Waals surface area contributed by atoms with E-state index in [9.17, 15) is 24.3 Å². The number of hydrogen-bond acceptors (Lipinski definition) is 5. The van der Waals surface area contributed by atoms with Gasteiger partial charge in [-0.1, -0.05) is 24.3 Å². The maximum absolute atomic E-state index is 12.9. The van der Waals surface area contributed by atoms with Crippen molar-refractivity contribution < 1.29 is 24.3 Å². The Morgan fingerprint density at radius 1 is 1.12 bits per heavy atom. The van der Waals surface area contributed by atoms with E-state index < -0.39 is 23.1 Å².